The summed E-state index contributed by atoms with van der Waals surface area (Å²) in [6.07, 6.45) is 8.43. The molecule has 1 aliphatic carbocycles. The van der Waals surface area contributed by atoms with Gasteiger partial charge in [-0.15, -0.1) is 0 Å². The molecule has 1 aliphatic rings. The van der Waals surface area contributed by atoms with Crippen LogP contribution in [0.4, 0.5) is 5.82 Å². The minimum Gasteiger partial charge on any atom is -0.357 e. The molecule has 0 unspecified atom stereocenters. The Balaban J connectivity index is 2.03. The third kappa shape index (κ3) is 3.19. The van der Waals surface area contributed by atoms with E-state index in [0.29, 0.717) is 12.1 Å². The van der Waals surface area contributed by atoms with Crippen LogP contribution in [0.2, 0.25) is 0 Å². The van der Waals surface area contributed by atoms with Gasteiger partial charge in [-0.1, -0.05) is 13.3 Å². The Morgan fingerprint density at radius 1 is 1.28 bits per heavy atom. The maximum atomic E-state index is 5.96. The van der Waals surface area contributed by atoms with Crippen molar-refractivity contribution in [1.82, 2.24) is 9.97 Å². The van der Waals surface area contributed by atoms with Crippen molar-refractivity contribution in [3.63, 3.8) is 0 Å². The van der Waals surface area contributed by atoms with Gasteiger partial charge in [-0.25, -0.2) is 9.97 Å². The highest BCUT2D eigenvalue weighted by Gasteiger charge is 2.22. The lowest BCUT2D eigenvalue weighted by Gasteiger charge is -2.34. The Hall–Kier alpha value is -1.16. The second-order valence-corrected chi connectivity index (χ2v) is 5.30. The summed E-state index contributed by atoms with van der Waals surface area (Å²) < 4.78 is 0. The van der Waals surface area contributed by atoms with Crippen LogP contribution in [0.1, 0.15) is 44.7 Å². The fourth-order valence-corrected chi connectivity index (χ4v) is 2.65. The Labute approximate surface area is 110 Å². The van der Waals surface area contributed by atoms with Gasteiger partial charge in [-0.2, -0.15) is 0 Å². The summed E-state index contributed by atoms with van der Waals surface area (Å²) in [7, 11) is 2.14. The van der Waals surface area contributed by atoms with Gasteiger partial charge in [0.1, 0.15) is 12.1 Å². The van der Waals surface area contributed by atoms with Gasteiger partial charge in [0, 0.05) is 30.9 Å². The molecule has 18 heavy (non-hydrogen) atoms. The highest BCUT2D eigenvalue weighted by Crippen LogP contribution is 2.24. The first-order valence-corrected chi connectivity index (χ1v) is 7.00. The van der Waals surface area contributed by atoms with E-state index in [1.54, 1.807) is 6.33 Å². The van der Waals surface area contributed by atoms with Crippen molar-refractivity contribution in [2.75, 3.05) is 11.9 Å². The average molecular weight is 248 g/mol. The standard InChI is InChI=1S/C14H24N4/c1-3-4-12-9-14(17-10-16-12)18(2)13-7-5-11(15)6-8-13/h9-11,13H,3-8,15H2,1-2H3. The van der Waals surface area contributed by atoms with Gasteiger partial charge in [0.2, 0.25) is 0 Å². The molecule has 100 valence electrons. The number of aryl methyl sites for hydroxylation is 1. The predicted molar refractivity (Wildman–Crippen MR) is 74.7 cm³/mol. The molecule has 0 spiro atoms. The molecule has 4 nitrogen and oxygen atoms in total. The molecular formula is C14H24N4. The molecule has 0 atom stereocenters. The minimum absolute atomic E-state index is 0.399. The normalized spacial score (nSPS) is 23.9. The Kier molecular flexibility index (Phi) is 4.53. The summed E-state index contributed by atoms with van der Waals surface area (Å²) in [5.74, 6) is 1.05. The number of rotatable bonds is 4. The molecule has 2 rings (SSSR count). The van der Waals surface area contributed by atoms with Crippen LogP contribution in [-0.2, 0) is 6.42 Å². The number of hydrogen-bond donors (Lipinski definition) is 1. The predicted octanol–water partition coefficient (Wildman–Crippen LogP) is 2.14. The Morgan fingerprint density at radius 2 is 2.00 bits per heavy atom. The molecule has 0 amide bonds. The summed E-state index contributed by atoms with van der Waals surface area (Å²) in [4.78, 5) is 11.0. The lowest BCUT2D eigenvalue weighted by Crippen LogP contribution is -2.39. The zero-order valence-corrected chi connectivity index (χ0v) is 11.5. The van der Waals surface area contributed by atoms with Crippen LogP contribution >= 0.6 is 0 Å². The van der Waals surface area contributed by atoms with E-state index >= 15 is 0 Å². The molecule has 1 saturated carbocycles. The van der Waals surface area contributed by atoms with Crippen molar-refractivity contribution >= 4 is 5.82 Å². The molecule has 2 N–H and O–H groups in total. The first-order valence-electron chi connectivity index (χ1n) is 7.00. The monoisotopic (exact) mass is 248 g/mol. The Bertz CT molecular complexity index is 372. The third-order valence-corrected chi connectivity index (χ3v) is 3.87. The van der Waals surface area contributed by atoms with Gasteiger partial charge in [-0.05, 0) is 32.1 Å². The molecule has 1 aromatic heterocycles. The van der Waals surface area contributed by atoms with Crippen LogP contribution in [0, 0.1) is 0 Å². The van der Waals surface area contributed by atoms with E-state index < -0.39 is 0 Å². The van der Waals surface area contributed by atoms with Crippen LogP contribution in [0.5, 0.6) is 0 Å². The summed E-state index contributed by atoms with van der Waals surface area (Å²) in [5, 5.41) is 0. The van der Waals surface area contributed by atoms with E-state index in [4.69, 9.17) is 5.73 Å². The number of hydrogen-bond acceptors (Lipinski definition) is 4. The van der Waals surface area contributed by atoms with Crippen molar-refractivity contribution in [3.05, 3.63) is 18.1 Å². The van der Waals surface area contributed by atoms with Crippen LogP contribution in [0.3, 0.4) is 0 Å². The van der Waals surface area contributed by atoms with E-state index in [1.165, 1.54) is 12.8 Å². The van der Waals surface area contributed by atoms with Crippen molar-refractivity contribution in [1.29, 1.82) is 0 Å². The van der Waals surface area contributed by atoms with Crippen molar-refractivity contribution in [2.45, 2.75) is 57.5 Å². The first-order chi connectivity index (χ1) is 8.70. The molecule has 0 aromatic carbocycles. The van der Waals surface area contributed by atoms with Gasteiger partial charge in [0.25, 0.3) is 0 Å². The molecular weight excluding hydrogens is 224 g/mol. The van der Waals surface area contributed by atoms with Gasteiger partial charge >= 0.3 is 0 Å². The number of nitrogens with two attached hydrogens (primary N) is 1. The number of aromatic nitrogens is 2. The zero-order valence-electron chi connectivity index (χ0n) is 11.5. The molecule has 0 saturated heterocycles. The third-order valence-electron chi connectivity index (χ3n) is 3.87. The smallest absolute Gasteiger partial charge is 0.132 e. The van der Waals surface area contributed by atoms with Crippen molar-refractivity contribution in [2.24, 2.45) is 5.73 Å². The minimum atomic E-state index is 0.399. The second kappa shape index (κ2) is 6.14. The van der Waals surface area contributed by atoms with E-state index in [9.17, 15) is 0 Å². The van der Waals surface area contributed by atoms with E-state index in [0.717, 1.165) is 37.2 Å². The van der Waals surface area contributed by atoms with E-state index in [2.05, 4.69) is 34.9 Å². The molecule has 0 aliphatic heterocycles. The molecule has 0 bridgehead atoms. The van der Waals surface area contributed by atoms with E-state index in [1.807, 2.05) is 0 Å². The molecule has 4 heteroatoms. The molecule has 1 aromatic rings. The summed E-state index contributed by atoms with van der Waals surface area (Å²) in [5.41, 5.74) is 7.10. The largest absolute Gasteiger partial charge is 0.357 e. The second-order valence-electron chi connectivity index (χ2n) is 5.30. The van der Waals surface area contributed by atoms with Gasteiger partial charge in [-0.3, -0.25) is 0 Å². The van der Waals surface area contributed by atoms with Crippen LogP contribution in [0.15, 0.2) is 12.4 Å². The van der Waals surface area contributed by atoms with Gasteiger partial charge < -0.3 is 10.6 Å². The lowest BCUT2D eigenvalue weighted by atomic mass is 9.91. The highest BCUT2D eigenvalue weighted by molar-refractivity contribution is 5.39. The first kappa shape index (κ1) is 13.3. The summed E-state index contributed by atoms with van der Waals surface area (Å²) in [6, 6.07) is 3.10. The van der Waals surface area contributed by atoms with Crippen LogP contribution in [-0.4, -0.2) is 29.1 Å². The summed E-state index contributed by atoms with van der Waals surface area (Å²) >= 11 is 0. The number of anilines is 1. The SMILES string of the molecule is CCCc1cc(N(C)C2CCC(N)CC2)ncn1. The fraction of sp³-hybridized carbons (Fsp3) is 0.714. The highest BCUT2D eigenvalue weighted by atomic mass is 15.2. The summed E-state index contributed by atoms with van der Waals surface area (Å²) in [6.45, 7) is 2.17. The van der Waals surface area contributed by atoms with Crippen molar-refractivity contribution in [3.8, 4) is 0 Å². The number of nitrogens with zero attached hydrogens (tertiary/aromatic N) is 3. The van der Waals surface area contributed by atoms with Crippen LogP contribution in [0.25, 0.3) is 0 Å². The van der Waals surface area contributed by atoms with Crippen LogP contribution < -0.4 is 10.6 Å². The molecule has 1 heterocycles. The quantitative estimate of drug-likeness (QED) is 0.887. The Morgan fingerprint density at radius 3 is 2.67 bits per heavy atom. The van der Waals surface area contributed by atoms with Gasteiger partial charge in [0.05, 0.1) is 0 Å². The molecule has 1 fully saturated rings. The fourth-order valence-electron chi connectivity index (χ4n) is 2.65. The van der Waals surface area contributed by atoms with Gasteiger partial charge in [0.15, 0.2) is 0 Å². The van der Waals surface area contributed by atoms with E-state index in [-0.39, 0.29) is 0 Å². The lowest BCUT2D eigenvalue weighted by molar-refractivity contribution is 0.383. The maximum absolute atomic E-state index is 5.96. The maximum Gasteiger partial charge on any atom is 0.132 e. The zero-order chi connectivity index (χ0) is 13.0. The average Bonchev–Trinajstić information content (AvgIpc) is 2.39. The topological polar surface area (TPSA) is 55.0 Å². The van der Waals surface area contributed by atoms with Crippen molar-refractivity contribution < 1.29 is 0 Å². The molecule has 0 radical (unpaired) electrons.